The van der Waals surface area contributed by atoms with Gasteiger partial charge in [-0.25, -0.2) is 0 Å². The lowest BCUT2D eigenvalue weighted by molar-refractivity contribution is 1.13. The molecule has 1 atom stereocenters. The molecule has 58 valence electrons. The smallest absolute Gasteiger partial charge is 0.0510 e. The Morgan fingerprint density at radius 3 is 2.10 bits per heavy atom. The molecule has 0 heterocycles. The molecule has 0 radical (unpaired) electrons. The zero-order valence-electron chi connectivity index (χ0n) is 7.52. The van der Waals surface area contributed by atoms with E-state index in [1.807, 2.05) is 12.2 Å². The lowest BCUT2D eigenvalue weighted by atomic mass is 10.4. The zero-order valence-corrected chi connectivity index (χ0v) is 8.52. The third kappa shape index (κ3) is 3.67. The van der Waals surface area contributed by atoms with Crippen LogP contribution >= 0.6 is 0 Å². The van der Waals surface area contributed by atoms with Gasteiger partial charge in [-0.1, -0.05) is 51.4 Å². The minimum absolute atomic E-state index is 0.755. The lowest BCUT2D eigenvalue weighted by Gasteiger charge is -2.21. The van der Waals surface area contributed by atoms with E-state index >= 15 is 0 Å². The third-order valence-electron chi connectivity index (χ3n) is 1.90. The Hall–Kier alpha value is -0.303. The van der Waals surface area contributed by atoms with Crippen molar-refractivity contribution in [3.8, 4) is 0 Å². The molecule has 0 rings (SSSR count). The largest absolute Gasteiger partial charge is 0.0991 e. The maximum absolute atomic E-state index is 3.64. The van der Waals surface area contributed by atoms with Gasteiger partial charge in [-0.05, 0) is 5.54 Å². The third-order valence-corrected chi connectivity index (χ3v) is 4.83. The van der Waals surface area contributed by atoms with Gasteiger partial charge in [0.15, 0.2) is 0 Å². The van der Waals surface area contributed by atoms with Crippen molar-refractivity contribution in [3.05, 3.63) is 24.8 Å². The van der Waals surface area contributed by atoms with E-state index in [9.17, 15) is 0 Å². The van der Waals surface area contributed by atoms with Crippen LogP contribution in [-0.4, -0.2) is 8.07 Å². The van der Waals surface area contributed by atoms with Gasteiger partial charge in [0.05, 0.1) is 8.07 Å². The van der Waals surface area contributed by atoms with Crippen LogP contribution < -0.4 is 0 Å². The molecule has 0 spiro atoms. The molecular weight excluding hydrogens is 136 g/mol. The molecule has 0 aliphatic rings. The second-order valence-electron chi connectivity index (χ2n) is 3.78. The molecule has 0 saturated carbocycles. The molecule has 0 aliphatic carbocycles. The fourth-order valence-corrected chi connectivity index (χ4v) is 1.22. The minimum Gasteiger partial charge on any atom is -0.0991 e. The highest BCUT2D eigenvalue weighted by atomic mass is 28.3. The summed E-state index contributed by atoms with van der Waals surface area (Å²) in [5.41, 5.74) is 0.755. The maximum Gasteiger partial charge on any atom is 0.0510 e. The van der Waals surface area contributed by atoms with Gasteiger partial charge in [-0.2, -0.15) is 0 Å². The van der Waals surface area contributed by atoms with Crippen LogP contribution in [0.2, 0.25) is 25.2 Å². The highest BCUT2D eigenvalue weighted by Gasteiger charge is 2.18. The van der Waals surface area contributed by atoms with Crippen molar-refractivity contribution in [2.45, 2.75) is 32.1 Å². The first-order chi connectivity index (χ1) is 4.48. The summed E-state index contributed by atoms with van der Waals surface area (Å²) < 4.78 is 0. The summed E-state index contributed by atoms with van der Waals surface area (Å²) in [6.07, 6.45) is 6.14. The van der Waals surface area contributed by atoms with Crippen molar-refractivity contribution in [1.29, 1.82) is 0 Å². The average Bonchev–Trinajstić information content (AvgIpc) is 1.80. The zero-order chi connectivity index (χ0) is 8.20. The summed E-state index contributed by atoms with van der Waals surface area (Å²) in [4.78, 5) is 0. The SMILES string of the molecule is C=C/C=C\[C@H](C)[Si](C)(C)C. The molecule has 0 nitrogen and oxygen atoms in total. The summed E-state index contributed by atoms with van der Waals surface area (Å²) in [5.74, 6) is 0. The predicted molar refractivity (Wildman–Crippen MR) is 52.1 cm³/mol. The molecule has 0 amide bonds. The fraction of sp³-hybridized carbons (Fsp3) is 0.556. The molecule has 0 aromatic rings. The number of hydrogen-bond donors (Lipinski definition) is 0. The van der Waals surface area contributed by atoms with E-state index in [-0.39, 0.29) is 0 Å². The fourth-order valence-electron chi connectivity index (χ4n) is 0.534. The molecule has 0 saturated heterocycles. The second-order valence-corrected chi connectivity index (χ2v) is 9.42. The first-order valence-corrected chi connectivity index (χ1v) is 7.35. The number of rotatable bonds is 3. The predicted octanol–water partition coefficient (Wildman–Crippen LogP) is 3.46. The van der Waals surface area contributed by atoms with Gasteiger partial charge in [0, 0.05) is 0 Å². The van der Waals surface area contributed by atoms with Crippen LogP contribution in [-0.2, 0) is 0 Å². The lowest BCUT2D eigenvalue weighted by Crippen LogP contribution is -2.24. The first-order valence-electron chi connectivity index (χ1n) is 3.77. The van der Waals surface area contributed by atoms with E-state index in [0.29, 0.717) is 0 Å². The standard InChI is InChI=1S/C9H18Si/c1-6-7-8-9(2)10(3,4)5/h6-9H,1H2,2-5H3/b8-7-/t9-/m0/s1. The maximum atomic E-state index is 3.64. The summed E-state index contributed by atoms with van der Waals surface area (Å²) in [6.45, 7) is 13.1. The Labute approximate surface area is 65.7 Å². The van der Waals surface area contributed by atoms with Crippen molar-refractivity contribution in [2.24, 2.45) is 0 Å². The Kier molecular flexibility index (Phi) is 3.65. The van der Waals surface area contributed by atoms with Crippen LogP contribution in [0, 0.1) is 0 Å². The van der Waals surface area contributed by atoms with E-state index in [2.05, 4.69) is 39.2 Å². The van der Waals surface area contributed by atoms with Gasteiger partial charge in [0.25, 0.3) is 0 Å². The van der Waals surface area contributed by atoms with E-state index in [1.165, 1.54) is 0 Å². The van der Waals surface area contributed by atoms with Gasteiger partial charge >= 0.3 is 0 Å². The van der Waals surface area contributed by atoms with Gasteiger partial charge in [0.1, 0.15) is 0 Å². The Morgan fingerprint density at radius 1 is 1.30 bits per heavy atom. The molecule has 0 aliphatic heterocycles. The topological polar surface area (TPSA) is 0 Å². The van der Waals surface area contributed by atoms with Crippen molar-refractivity contribution in [2.75, 3.05) is 0 Å². The average molecular weight is 154 g/mol. The highest BCUT2D eigenvalue weighted by Crippen LogP contribution is 2.21. The van der Waals surface area contributed by atoms with E-state index in [1.54, 1.807) is 0 Å². The van der Waals surface area contributed by atoms with Gasteiger partial charge < -0.3 is 0 Å². The van der Waals surface area contributed by atoms with E-state index < -0.39 is 8.07 Å². The van der Waals surface area contributed by atoms with Crippen LogP contribution in [0.25, 0.3) is 0 Å². The number of hydrogen-bond acceptors (Lipinski definition) is 0. The minimum atomic E-state index is -0.932. The van der Waals surface area contributed by atoms with Crippen molar-refractivity contribution < 1.29 is 0 Å². The van der Waals surface area contributed by atoms with Crippen LogP contribution in [0.4, 0.5) is 0 Å². The van der Waals surface area contributed by atoms with Crippen LogP contribution in [0.5, 0.6) is 0 Å². The Bertz CT molecular complexity index is 128. The molecule has 1 heteroatoms. The van der Waals surface area contributed by atoms with Crippen molar-refractivity contribution in [1.82, 2.24) is 0 Å². The quantitative estimate of drug-likeness (QED) is 0.431. The van der Waals surface area contributed by atoms with Gasteiger partial charge in [0.2, 0.25) is 0 Å². The normalized spacial score (nSPS) is 15.6. The molecular formula is C9H18Si. The Morgan fingerprint density at radius 2 is 1.80 bits per heavy atom. The van der Waals surface area contributed by atoms with E-state index in [0.717, 1.165) is 5.54 Å². The first kappa shape index (κ1) is 9.70. The molecule has 0 aromatic carbocycles. The molecule has 0 fully saturated rings. The molecule has 0 bridgehead atoms. The molecule has 0 N–H and O–H groups in total. The van der Waals surface area contributed by atoms with Crippen molar-refractivity contribution in [3.63, 3.8) is 0 Å². The van der Waals surface area contributed by atoms with Gasteiger partial charge in [-0.15, -0.1) is 0 Å². The van der Waals surface area contributed by atoms with Gasteiger partial charge in [-0.3, -0.25) is 0 Å². The van der Waals surface area contributed by atoms with E-state index in [4.69, 9.17) is 0 Å². The van der Waals surface area contributed by atoms with Crippen LogP contribution in [0.3, 0.4) is 0 Å². The number of allylic oxidation sites excluding steroid dienone is 3. The summed E-state index contributed by atoms with van der Waals surface area (Å²) >= 11 is 0. The van der Waals surface area contributed by atoms with Crippen LogP contribution in [0.15, 0.2) is 24.8 Å². The summed E-state index contributed by atoms with van der Waals surface area (Å²) in [7, 11) is -0.932. The molecule has 0 unspecified atom stereocenters. The summed E-state index contributed by atoms with van der Waals surface area (Å²) in [5, 5.41) is 0. The summed E-state index contributed by atoms with van der Waals surface area (Å²) in [6, 6.07) is 0. The Balaban J connectivity index is 3.96. The highest BCUT2D eigenvalue weighted by molar-refractivity contribution is 6.77. The second kappa shape index (κ2) is 3.77. The van der Waals surface area contributed by atoms with Crippen LogP contribution in [0.1, 0.15) is 6.92 Å². The van der Waals surface area contributed by atoms with Crippen molar-refractivity contribution >= 4 is 8.07 Å². The monoisotopic (exact) mass is 154 g/mol. The molecule has 0 aromatic heterocycles. The molecule has 10 heavy (non-hydrogen) atoms.